The van der Waals surface area contributed by atoms with Crippen molar-refractivity contribution in [2.75, 3.05) is 6.54 Å². The van der Waals surface area contributed by atoms with Gasteiger partial charge in [0.05, 0.1) is 0 Å². The minimum absolute atomic E-state index is 0.211. The van der Waals surface area contributed by atoms with E-state index in [2.05, 4.69) is 24.4 Å². The maximum atomic E-state index is 11.8. The minimum atomic E-state index is 0.211. The molecule has 0 aliphatic heterocycles. The van der Waals surface area contributed by atoms with Crippen molar-refractivity contribution in [3.8, 4) is 0 Å². The number of carbonyl (C=O) groups is 1. The molecule has 0 radical (unpaired) electrons. The summed E-state index contributed by atoms with van der Waals surface area (Å²) in [6, 6.07) is 10.3. The van der Waals surface area contributed by atoms with Gasteiger partial charge in [0.1, 0.15) is 0 Å². The SMILES string of the molecule is CCCCCCCCCCCCCCC(=O)NCCc1ccccc1. The van der Waals surface area contributed by atoms with Crippen molar-refractivity contribution < 1.29 is 4.79 Å². The smallest absolute Gasteiger partial charge is 0.220 e. The molecule has 1 amide bonds. The molecular weight excluding hydrogens is 306 g/mol. The lowest BCUT2D eigenvalue weighted by atomic mass is 10.0. The van der Waals surface area contributed by atoms with Crippen molar-refractivity contribution >= 4 is 5.91 Å². The van der Waals surface area contributed by atoms with Crippen LogP contribution in [0.2, 0.25) is 0 Å². The van der Waals surface area contributed by atoms with Crippen LogP contribution < -0.4 is 5.32 Å². The predicted octanol–water partition coefficient (Wildman–Crippen LogP) is 6.44. The van der Waals surface area contributed by atoms with E-state index in [9.17, 15) is 4.79 Å². The van der Waals surface area contributed by atoms with E-state index in [1.807, 2.05) is 18.2 Å². The molecule has 0 fully saturated rings. The standard InChI is InChI=1S/C23H39NO/c1-2-3-4-5-6-7-8-9-10-11-12-16-19-23(25)24-21-20-22-17-14-13-15-18-22/h13-15,17-18H,2-12,16,19-21H2,1H3,(H,24,25). The van der Waals surface area contributed by atoms with E-state index in [-0.39, 0.29) is 5.91 Å². The number of amides is 1. The lowest BCUT2D eigenvalue weighted by Crippen LogP contribution is -2.25. The molecule has 1 N–H and O–H groups in total. The third-order valence-electron chi connectivity index (χ3n) is 4.84. The highest BCUT2D eigenvalue weighted by molar-refractivity contribution is 5.75. The fourth-order valence-corrected chi connectivity index (χ4v) is 3.21. The third-order valence-corrected chi connectivity index (χ3v) is 4.84. The van der Waals surface area contributed by atoms with E-state index in [0.717, 1.165) is 19.4 Å². The monoisotopic (exact) mass is 345 g/mol. The van der Waals surface area contributed by atoms with Crippen LogP contribution in [0.15, 0.2) is 30.3 Å². The Bertz CT molecular complexity index is 415. The summed E-state index contributed by atoms with van der Waals surface area (Å²) >= 11 is 0. The molecule has 2 heteroatoms. The van der Waals surface area contributed by atoms with E-state index >= 15 is 0 Å². The highest BCUT2D eigenvalue weighted by Gasteiger charge is 2.01. The number of hydrogen-bond donors (Lipinski definition) is 1. The molecule has 0 saturated heterocycles. The Labute approximate surface area is 155 Å². The molecule has 0 aliphatic carbocycles. The molecular formula is C23H39NO. The number of carbonyl (C=O) groups excluding carboxylic acids is 1. The normalized spacial score (nSPS) is 10.8. The molecule has 0 spiro atoms. The Morgan fingerprint density at radius 1 is 0.760 bits per heavy atom. The second-order valence-corrected chi connectivity index (χ2v) is 7.22. The van der Waals surface area contributed by atoms with Crippen LogP contribution in [0.4, 0.5) is 0 Å². The highest BCUT2D eigenvalue weighted by atomic mass is 16.1. The van der Waals surface area contributed by atoms with Gasteiger partial charge in [-0.2, -0.15) is 0 Å². The van der Waals surface area contributed by atoms with Gasteiger partial charge in [0, 0.05) is 13.0 Å². The highest BCUT2D eigenvalue weighted by Crippen LogP contribution is 2.12. The first kappa shape index (κ1) is 21.7. The predicted molar refractivity (Wildman–Crippen MR) is 109 cm³/mol. The molecule has 142 valence electrons. The number of benzene rings is 1. The van der Waals surface area contributed by atoms with E-state index in [0.29, 0.717) is 6.42 Å². The van der Waals surface area contributed by atoms with Gasteiger partial charge < -0.3 is 5.32 Å². The van der Waals surface area contributed by atoms with E-state index in [4.69, 9.17) is 0 Å². The fraction of sp³-hybridized carbons (Fsp3) is 0.696. The summed E-state index contributed by atoms with van der Waals surface area (Å²) in [5.74, 6) is 0.211. The van der Waals surface area contributed by atoms with Gasteiger partial charge >= 0.3 is 0 Å². The van der Waals surface area contributed by atoms with Gasteiger partial charge in [0.2, 0.25) is 5.91 Å². The average Bonchev–Trinajstić information content (AvgIpc) is 2.63. The molecule has 0 saturated carbocycles. The Morgan fingerprint density at radius 2 is 1.28 bits per heavy atom. The largest absolute Gasteiger partial charge is 0.356 e. The van der Waals surface area contributed by atoms with Crippen LogP contribution >= 0.6 is 0 Å². The quantitative estimate of drug-likeness (QED) is 0.343. The lowest BCUT2D eigenvalue weighted by Gasteiger charge is -2.06. The molecule has 2 nitrogen and oxygen atoms in total. The summed E-state index contributed by atoms with van der Waals surface area (Å²) in [6.07, 6.45) is 17.6. The Hall–Kier alpha value is -1.31. The lowest BCUT2D eigenvalue weighted by molar-refractivity contribution is -0.121. The first-order valence-electron chi connectivity index (χ1n) is 10.6. The summed E-state index contributed by atoms with van der Waals surface area (Å²) in [6.45, 7) is 3.02. The van der Waals surface area contributed by atoms with Gasteiger partial charge in [0.15, 0.2) is 0 Å². The summed E-state index contributed by atoms with van der Waals surface area (Å²) in [5.41, 5.74) is 1.29. The zero-order valence-electron chi connectivity index (χ0n) is 16.4. The van der Waals surface area contributed by atoms with Gasteiger partial charge in [-0.3, -0.25) is 4.79 Å². The number of hydrogen-bond acceptors (Lipinski definition) is 1. The second kappa shape index (κ2) is 16.2. The Morgan fingerprint density at radius 3 is 1.84 bits per heavy atom. The second-order valence-electron chi connectivity index (χ2n) is 7.22. The van der Waals surface area contributed by atoms with Crippen molar-refractivity contribution in [2.45, 2.75) is 96.8 Å². The summed E-state index contributed by atoms with van der Waals surface area (Å²) < 4.78 is 0. The zero-order chi connectivity index (χ0) is 18.0. The van der Waals surface area contributed by atoms with Gasteiger partial charge in [-0.15, -0.1) is 0 Å². The van der Waals surface area contributed by atoms with E-state index in [1.54, 1.807) is 0 Å². The molecule has 0 heterocycles. The van der Waals surface area contributed by atoms with Gasteiger partial charge in [-0.25, -0.2) is 0 Å². The molecule has 1 aromatic carbocycles. The topological polar surface area (TPSA) is 29.1 Å². The molecule has 0 aliphatic rings. The van der Waals surface area contributed by atoms with Crippen LogP contribution in [-0.2, 0) is 11.2 Å². The number of rotatable bonds is 16. The van der Waals surface area contributed by atoms with Gasteiger partial charge in [0.25, 0.3) is 0 Å². The van der Waals surface area contributed by atoms with Gasteiger partial charge in [-0.1, -0.05) is 108 Å². The van der Waals surface area contributed by atoms with E-state index in [1.165, 1.54) is 76.2 Å². The maximum Gasteiger partial charge on any atom is 0.220 e. The van der Waals surface area contributed by atoms with Crippen LogP contribution in [0.1, 0.15) is 96.0 Å². The van der Waals surface area contributed by atoms with Crippen molar-refractivity contribution in [1.82, 2.24) is 5.32 Å². The van der Waals surface area contributed by atoms with Crippen LogP contribution in [0, 0.1) is 0 Å². The molecule has 0 unspecified atom stereocenters. The summed E-state index contributed by atoms with van der Waals surface area (Å²) in [5, 5.41) is 3.03. The van der Waals surface area contributed by atoms with Gasteiger partial charge in [-0.05, 0) is 18.4 Å². The summed E-state index contributed by atoms with van der Waals surface area (Å²) in [4.78, 5) is 11.8. The van der Waals surface area contributed by atoms with Crippen LogP contribution in [0.25, 0.3) is 0 Å². The Balaban J connectivity index is 1.81. The van der Waals surface area contributed by atoms with Crippen molar-refractivity contribution in [3.05, 3.63) is 35.9 Å². The maximum absolute atomic E-state index is 11.8. The average molecular weight is 346 g/mol. The molecule has 0 aromatic heterocycles. The first-order chi connectivity index (χ1) is 12.3. The van der Waals surface area contributed by atoms with Crippen LogP contribution in [0.3, 0.4) is 0 Å². The molecule has 1 aromatic rings. The third kappa shape index (κ3) is 13.6. The Kier molecular flexibility index (Phi) is 14.1. The number of nitrogens with one attached hydrogen (secondary N) is 1. The van der Waals surface area contributed by atoms with Crippen molar-refractivity contribution in [2.24, 2.45) is 0 Å². The van der Waals surface area contributed by atoms with Crippen molar-refractivity contribution in [1.29, 1.82) is 0 Å². The molecule has 25 heavy (non-hydrogen) atoms. The molecule has 0 atom stereocenters. The number of unbranched alkanes of at least 4 members (excludes halogenated alkanes) is 11. The minimum Gasteiger partial charge on any atom is -0.356 e. The fourth-order valence-electron chi connectivity index (χ4n) is 3.21. The zero-order valence-corrected chi connectivity index (χ0v) is 16.4. The van der Waals surface area contributed by atoms with E-state index < -0.39 is 0 Å². The molecule has 0 bridgehead atoms. The van der Waals surface area contributed by atoms with Crippen molar-refractivity contribution in [3.63, 3.8) is 0 Å². The summed E-state index contributed by atoms with van der Waals surface area (Å²) in [7, 11) is 0. The van der Waals surface area contributed by atoms with Crippen LogP contribution in [-0.4, -0.2) is 12.5 Å². The first-order valence-corrected chi connectivity index (χ1v) is 10.6. The molecule has 1 rings (SSSR count). The van der Waals surface area contributed by atoms with Crippen LogP contribution in [0.5, 0.6) is 0 Å².